The number of non-ortho nitro benzene ring substituents is 1. The van der Waals surface area contributed by atoms with Gasteiger partial charge in [-0.2, -0.15) is 0 Å². The molecule has 0 unspecified atom stereocenters. The van der Waals surface area contributed by atoms with Crippen molar-refractivity contribution < 1.29 is 14.5 Å². The van der Waals surface area contributed by atoms with Gasteiger partial charge >= 0.3 is 6.03 Å². The van der Waals surface area contributed by atoms with Crippen molar-refractivity contribution in [1.82, 2.24) is 5.32 Å². The molecule has 0 bridgehead atoms. The molecule has 0 aliphatic rings. The molecule has 0 aromatic heterocycles. The van der Waals surface area contributed by atoms with Crippen LogP contribution >= 0.6 is 15.9 Å². The molecule has 2 N–H and O–H groups in total. The van der Waals surface area contributed by atoms with Gasteiger partial charge in [-0.25, -0.2) is 4.79 Å². The Morgan fingerprint density at radius 3 is 2.74 bits per heavy atom. The number of nitro groups is 1. The lowest BCUT2D eigenvalue weighted by molar-refractivity contribution is -0.384. The van der Waals surface area contributed by atoms with Gasteiger partial charge in [0, 0.05) is 23.2 Å². The normalized spacial score (nSPS) is 10.0. The number of nitro benzene ring substituents is 1. The van der Waals surface area contributed by atoms with Crippen molar-refractivity contribution in [2.45, 2.75) is 6.54 Å². The SMILES string of the molecule is COc1ccc([N+](=O)[O-])cc1NC(=O)NCc1cccc(Br)c1. The van der Waals surface area contributed by atoms with Crippen LogP contribution in [0, 0.1) is 10.1 Å². The largest absolute Gasteiger partial charge is 0.495 e. The predicted molar refractivity (Wildman–Crippen MR) is 89.6 cm³/mol. The van der Waals surface area contributed by atoms with Crippen molar-refractivity contribution >= 4 is 33.3 Å². The van der Waals surface area contributed by atoms with E-state index in [-0.39, 0.29) is 11.4 Å². The molecular weight excluding hydrogens is 366 g/mol. The second-order valence-corrected chi connectivity index (χ2v) is 5.49. The molecule has 0 heterocycles. The zero-order chi connectivity index (χ0) is 16.8. The van der Waals surface area contributed by atoms with Gasteiger partial charge in [0.15, 0.2) is 0 Å². The van der Waals surface area contributed by atoms with Crippen molar-refractivity contribution in [2.75, 3.05) is 12.4 Å². The van der Waals surface area contributed by atoms with Crippen LogP contribution in [0.1, 0.15) is 5.56 Å². The molecular formula is C15H14BrN3O4. The van der Waals surface area contributed by atoms with Gasteiger partial charge in [0.05, 0.1) is 17.7 Å². The maximum atomic E-state index is 12.0. The average molecular weight is 380 g/mol. The summed E-state index contributed by atoms with van der Waals surface area (Å²) in [5.41, 5.74) is 1.02. The van der Waals surface area contributed by atoms with E-state index in [4.69, 9.17) is 4.74 Å². The van der Waals surface area contributed by atoms with E-state index in [1.807, 2.05) is 24.3 Å². The third-order valence-corrected chi connectivity index (χ3v) is 3.48. The molecule has 0 saturated carbocycles. The summed E-state index contributed by atoms with van der Waals surface area (Å²) in [6, 6.07) is 11.0. The first kappa shape index (κ1) is 16.8. The van der Waals surface area contributed by atoms with Gasteiger partial charge in [0.25, 0.3) is 5.69 Å². The number of methoxy groups -OCH3 is 1. The molecule has 2 rings (SSSR count). The van der Waals surface area contributed by atoms with E-state index < -0.39 is 11.0 Å². The van der Waals surface area contributed by atoms with Gasteiger partial charge in [-0.1, -0.05) is 28.1 Å². The molecule has 2 amide bonds. The van der Waals surface area contributed by atoms with Gasteiger partial charge in [0.2, 0.25) is 0 Å². The number of carbonyl (C=O) groups is 1. The van der Waals surface area contributed by atoms with Crippen LogP contribution in [0.25, 0.3) is 0 Å². The minimum Gasteiger partial charge on any atom is -0.495 e. The summed E-state index contributed by atoms with van der Waals surface area (Å²) in [6.07, 6.45) is 0. The third-order valence-electron chi connectivity index (χ3n) is 2.98. The predicted octanol–water partition coefficient (Wildman–Crippen LogP) is 3.69. The van der Waals surface area contributed by atoms with Crippen molar-refractivity contribution in [3.8, 4) is 5.75 Å². The molecule has 0 aliphatic carbocycles. The number of halogens is 1. The number of ether oxygens (including phenoxy) is 1. The highest BCUT2D eigenvalue weighted by atomic mass is 79.9. The smallest absolute Gasteiger partial charge is 0.319 e. The lowest BCUT2D eigenvalue weighted by Crippen LogP contribution is -2.28. The average Bonchev–Trinajstić information content (AvgIpc) is 2.53. The number of nitrogens with one attached hydrogen (secondary N) is 2. The number of nitrogens with zero attached hydrogens (tertiary/aromatic N) is 1. The zero-order valence-electron chi connectivity index (χ0n) is 12.2. The number of amides is 2. The Morgan fingerprint density at radius 2 is 2.09 bits per heavy atom. The van der Waals surface area contributed by atoms with Gasteiger partial charge < -0.3 is 15.4 Å². The Bertz CT molecular complexity index is 736. The fourth-order valence-corrected chi connectivity index (χ4v) is 2.35. The highest BCUT2D eigenvalue weighted by molar-refractivity contribution is 9.10. The summed E-state index contributed by atoms with van der Waals surface area (Å²) in [4.78, 5) is 22.2. The Labute approximate surface area is 140 Å². The van der Waals surface area contributed by atoms with Crippen LogP contribution in [0.5, 0.6) is 5.75 Å². The lowest BCUT2D eigenvalue weighted by atomic mass is 10.2. The van der Waals surface area contributed by atoms with Crippen LogP contribution in [0.2, 0.25) is 0 Å². The summed E-state index contributed by atoms with van der Waals surface area (Å²) in [5, 5.41) is 16.0. The lowest BCUT2D eigenvalue weighted by Gasteiger charge is -2.11. The topological polar surface area (TPSA) is 93.5 Å². The fourth-order valence-electron chi connectivity index (χ4n) is 1.90. The molecule has 7 nitrogen and oxygen atoms in total. The van der Waals surface area contributed by atoms with Gasteiger partial charge in [-0.15, -0.1) is 0 Å². The molecule has 0 aliphatic heterocycles. The van der Waals surface area contributed by atoms with Crippen LogP contribution in [0.4, 0.5) is 16.2 Å². The molecule has 0 fully saturated rings. The Balaban J connectivity index is 2.04. The van der Waals surface area contributed by atoms with Crippen LogP contribution < -0.4 is 15.4 Å². The molecule has 2 aromatic carbocycles. The number of hydrogen-bond acceptors (Lipinski definition) is 4. The van der Waals surface area contributed by atoms with E-state index in [0.717, 1.165) is 10.0 Å². The Hall–Kier alpha value is -2.61. The summed E-state index contributed by atoms with van der Waals surface area (Å²) >= 11 is 3.35. The maximum Gasteiger partial charge on any atom is 0.319 e. The standard InChI is InChI=1S/C15H14BrN3O4/c1-23-14-6-5-12(19(21)22)8-13(14)18-15(20)17-9-10-3-2-4-11(16)7-10/h2-8H,9H2,1H3,(H2,17,18,20). The first-order chi connectivity index (χ1) is 11.0. The van der Waals surface area contributed by atoms with Gasteiger partial charge in [-0.05, 0) is 23.8 Å². The molecule has 8 heteroatoms. The molecule has 0 spiro atoms. The molecule has 23 heavy (non-hydrogen) atoms. The summed E-state index contributed by atoms with van der Waals surface area (Å²) in [5.74, 6) is 0.341. The van der Waals surface area contributed by atoms with E-state index in [1.165, 1.54) is 25.3 Å². The highest BCUT2D eigenvalue weighted by Gasteiger charge is 2.13. The van der Waals surface area contributed by atoms with E-state index in [1.54, 1.807) is 0 Å². The van der Waals surface area contributed by atoms with Crippen LogP contribution in [0.15, 0.2) is 46.9 Å². The van der Waals surface area contributed by atoms with Crippen molar-refractivity contribution in [1.29, 1.82) is 0 Å². The fraction of sp³-hybridized carbons (Fsp3) is 0.133. The quantitative estimate of drug-likeness (QED) is 0.611. The van der Waals surface area contributed by atoms with E-state index in [9.17, 15) is 14.9 Å². The molecule has 2 aromatic rings. The second kappa shape index (κ2) is 7.59. The third kappa shape index (κ3) is 4.68. The summed E-state index contributed by atoms with van der Waals surface area (Å²) in [6.45, 7) is 0.322. The van der Waals surface area contributed by atoms with E-state index in [2.05, 4.69) is 26.6 Å². The Morgan fingerprint density at radius 1 is 1.30 bits per heavy atom. The van der Waals surface area contributed by atoms with Crippen LogP contribution in [0.3, 0.4) is 0 Å². The van der Waals surface area contributed by atoms with E-state index in [0.29, 0.717) is 12.3 Å². The number of hydrogen-bond donors (Lipinski definition) is 2. The maximum absolute atomic E-state index is 12.0. The van der Waals surface area contributed by atoms with Gasteiger partial charge in [-0.3, -0.25) is 10.1 Å². The number of anilines is 1. The molecule has 0 saturated heterocycles. The van der Waals surface area contributed by atoms with E-state index >= 15 is 0 Å². The number of rotatable bonds is 5. The molecule has 0 radical (unpaired) electrons. The number of benzene rings is 2. The minimum absolute atomic E-state index is 0.131. The van der Waals surface area contributed by atoms with Crippen molar-refractivity contribution in [3.05, 3.63) is 62.6 Å². The number of carbonyl (C=O) groups excluding carboxylic acids is 1. The first-order valence-electron chi connectivity index (χ1n) is 6.61. The monoisotopic (exact) mass is 379 g/mol. The van der Waals surface area contributed by atoms with Crippen molar-refractivity contribution in [3.63, 3.8) is 0 Å². The molecule has 120 valence electrons. The first-order valence-corrected chi connectivity index (χ1v) is 7.40. The summed E-state index contributed by atoms with van der Waals surface area (Å²) < 4.78 is 6.00. The van der Waals surface area contributed by atoms with Crippen LogP contribution in [-0.4, -0.2) is 18.1 Å². The van der Waals surface area contributed by atoms with Crippen LogP contribution in [-0.2, 0) is 6.54 Å². The second-order valence-electron chi connectivity index (χ2n) is 4.58. The minimum atomic E-state index is -0.538. The Kier molecular flexibility index (Phi) is 5.53. The highest BCUT2D eigenvalue weighted by Crippen LogP contribution is 2.28. The zero-order valence-corrected chi connectivity index (χ0v) is 13.8. The number of urea groups is 1. The van der Waals surface area contributed by atoms with Crippen molar-refractivity contribution in [2.24, 2.45) is 0 Å². The molecule has 0 atom stereocenters. The summed E-state index contributed by atoms with van der Waals surface area (Å²) in [7, 11) is 1.42. The van der Waals surface area contributed by atoms with Gasteiger partial charge in [0.1, 0.15) is 5.75 Å².